The highest BCUT2D eigenvalue weighted by Gasteiger charge is 2.36. The summed E-state index contributed by atoms with van der Waals surface area (Å²) in [4.78, 5) is 24.6. The molecule has 0 amide bonds. The molecule has 0 bridgehead atoms. The van der Waals surface area contributed by atoms with Gasteiger partial charge in [0, 0.05) is 11.1 Å². The van der Waals surface area contributed by atoms with E-state index in [2.05, 4.69) is 0 Å². The van der Waals surface area contributed by atoms with Crippen LogP contribution in [0.2, 0.25) is 0 Å². The summed E-state index contributed by atoms with van der Waals surface area (Å²) in [5.41, 5.74) is 3.79. The molecule has 8 nitrogen and oxygen atoms in total. The molecule has 0 saturated heterocycles. The van der Waals surface area contributed by atoms with Crippen molar-refractivity contribution in [2.24, 2.45) is 5.92 Å². The lowest BCUT2D eigenvalue weighted by Gasteiger charge is -2.19. The van der Waals surface area contributed by atoms with Crippen LogP contribution in [0, 0.1) is 19.8 Å². The van der Waals surface area contributed by atoms with Crippen molar-refractivity contribution in [2.75, 3.05) is 14.2 Å². The molecule has 0 N–H and O–H groups in total. The van der Waals surface area contributed by atoms with Crippen LogP contribution in [0.3, 0.4) is 0 Å². The molecule has 1 aliphatic heterocycles. The first-order valence-corrected chi connectivity index (χ1v) is 13.2. The molecule has 1 heterocycles. The van der Waals surface area contributed by atoms with E-state index in [4.69, 9.17) is 18.4 Å². The van der Waals surface area contributed by atoms with E-state index in [0.29, 0.717) is 28.9 Å². The van der Waals surface area contributed by atoms with Crippen molar-refractivity contribution in [1.29, 1.82) is 0 Å². The number of esters is 2. The zero-order chi connectivity index (χ0) is 26.0. The normalized spacial score (nSPS) is 18.2. The summed E-state index contributed by atoms with van der Waals surface area (Å²) in [5.74, 6) is -0.474. The highest BCUT2D eigenvalue weighted by Crippen LogP contribution is 2.44. The minimum atomic E-state index is -4.25. The van der Waals surface area contributed by atoms with Crippen LogP contribution in [0.25, 0.3) is 0 Å². The Morgan fingerprint density at radius 1 is 1.14 bits per heavy atom. The van der Waals surface area contributed by atoms with Gasteiger partial charge in [0.1, 0.15) is 22.8 Å². The van der Waals surface area contributed by atoms with Gasteiger partial charge in [-0.3, -0.25) is 4.79 Å². The van der Waals surface area contributed by atoms with Gasteiger partial charge in [-0.1, -0.05) is 29.3 Å². The Morgan fingerprint density at radius 2 is 1.86 bits per heavy atom. The van der Waals surface area contributed by atoms with Crippen LogP contribution in [0.4, 0.5) is 0 Å². The van der Waals surface area contributed by atoms with Crippen LogP contribution in [-0.4, -0.2) is 34.6 Å². The van der Waals surface area contributed by atoms with E-state index in [9.17, 15) is 18.0 Å². The van der Waals surface area contributed by atoms with E-state index in [1.165, 1.54) is 26.4 Å². The number of benzene rings is 2. The maximum absolute atomic E-state index is 13.2. The van der Waals surface area contributed by atoms with Crippen molar-refractivity contribution in [3.63, 3.8) is 0 Å². The van der Waals surface area contributed by atoms with Crippen LogP contribution < -0.4 is 8.92 Å². The van der Waals surface area contributed by atoms with Crippen molar-refractivity contribution >= 4 is 22.1 Å². The van der Waals surface area contributed by atoms with Crippen molar-refractivity contribution in [1.82, 2.24) is 0 Å². The summed E-state index contributed by atoms with van der Waals surface area (Å²) in [6.45, 7) is 3.68. The average molecular weight is 515 g/mol. The van der Waals surface area contributed by atoms with Crippen molar-refractivity contribution in [3.8, 4) is 11.5 Å². The molecule has 0 radical (unpaired) electrons. The molecule has 2 aromatic carbocycles. The number of cyclic esters (lactones) is 1. The maximum atomic E-state index is 13.2. The zero-order valence-corrected chi connectivity index (χ0v) is 21.7. The quantitative estimate of drug-likeness (QED) is 0.286. The first-order valence-electron chi connectivity index (χ1n) is 11.8. The first kappa shape index (κ1) is 25.8. The molecule has 192 valence electrons. The second kappa shape index (κ2) is 10.3. The number of allylic oxidation sites excluding steroid dienone is 2. The second-order valence-corrected chi connectivity index (χ2v) is 10.6. The molecule has 1 unspecified atom stereocenters. The fourth-order valence-corrected chi connectivity index (χ4v) is 5.90. The summed E-state index contributed by atoms with van der Waals surface area (Å²) in [6.07, 6.45) is 5.18. The van der Waals surface area contributed by atoms with E-state index in [0.717, 1.165) is 30.4 Å². The molecular weight excluding hydrogens is 484 g/mol. The van der Waals surface area contributed by atoms with Gasteiger partial charge in [-0.15, -0.1) is 0 Å². The molecule has 2 aliphatic rings. The number of carbonyl (C=O) groups is 2. The number of fused-ring (bicyclic) bond motifs is 1. The van der Waals surface area contributed by atoms with E-state index in [1.807, 2.05) is 19.9 Å². The lowest BCUT2D eigenvalue weighted by molar-refractivity contribution is -0.141. The molecule has 9 heteroatoms. The Labute approximate surface area is 211 Å². The molecule has 2 aromatic rings. The molecule has 1 saturated carbocycles. The Kier molecular flexibility index (Phi) is 7.40. The molecule has 1 atom stereocenters. The van der Waals surface area contributed by atoms with Gasteiger partial charge in [0.2, 0.25) is 0 Å². The topological polar surface area (TPSA) is 105 Å². The minimum absolute atomic E-state index is 0.0138. The first-order chi connectivity index (χ1) is 17.2. The van der Waals surface area contributed by atoms with E-state index in [1.54, 1.807) is 12.1 Å². The number of ether oxygens (including phenoxy) is 3. The molecule has 1 aliphatic carbocycles. The van der Waals surface area contributed by atoms with E-state index >= 15 is 0 Å². The minimum Gasteiger partial charge on any atom is -0.496 e. The zero-order valence-electron chi connectivity index (χ0n) is 20.9. The third kappa shape index (κ3) is 4.97. The largest absolute Gasteiger partial charge is 0.496 e. The predicted molar refractivity (Wildman–Crippen MR) is 132 cm³/mol. The lowest BCUT2D eigenvalue weighted by atomic mass is 9.93. The summed E-state index contributed by atoms with van der Waals surface area (Å²) in [7, 11) is -1.38. The number of methoxy groups -OCH3 is 2. The van der Waals surface area contributed by atoms with Gasteiger partial charge in [-0.25, -0.2) is 4.79 Å². The standard InChI is InChI=1S/C27H30O8S/c1-16-8-11-20(12-9-16)36(30,31)35-26-21(13-10-18-6-5-7-19(18)14-23(28)32-3)25(33-4)17(2)22-15-34-27(29)24(22)26/h8-12,19H,5-7,13-15H2,1-4H3. The Morgan fingerprint density at radius 3 is 2.53 bits per heavy atom. The van der Waals surface area contributed by atoms with E-state index in [-0.39, 0.29) is 41.1 Å². The number of rotatable bonds is 8. The molecule has 36 heavy (non-hydrogen) atoms. The van der Waals surface area contributed by atoms with Gasteiger partial charge < -0.3 is 18.4 Å². The molecule has 4 rings (SSSR count). The third-order valence-electron chi connectivity index (χ3n) is 6.88. The SMILES string of the molecule is COC(=O)CC1CCCC1=CCc1c(OC)c(C)c2c(c1OS(=O)(=O)c1ccc(C)cc1)C(=O)OC2. The van der Waals surface area contributed by atoms with Gasteiger partial charge in [-0.2, -0.15) is 8.42 Å². The summed E-state index contributed by atoms with van der Waals surface area (Å²) >= 11 is 0. The van der Waals surface area contributed by atoms with Gasteiger partial charge in [0.15, 0.2) is 5.75 Å². The van der Waals surface area contributed by atoms with Crippen LogP contribution >= 0.6 is 0 Å². The number of hydrogen-bond acceptors (Lipinski definition) is 8. The number of aryl methyl sites for hydroxylation is 1. The van der Waals surface area contributed by atoms with Crippen molar-refractivity contribution in [2.45, 2.75) is 57.5 Å². The van der Waals surface area contributed by atoms with Crippen LogP contribution in [-0.2, 0) is 37.4 Å². The van der Waals surface area contributed by atoms with Crippen LogP contribution in [0.15, 0.2) is 40.8 Å². The maximum Gasteiger partial charge on any atom is 0.342 e. The number of hydrogen-bond donors (Lipinski definition) is 0. The van der Waals surface area contributed by atoms with Gasteiger partial charge in [-0.05, 0) is 63.1 Å². The average Bonchev–Trinajstić information content (AvgIpc) is 3.46. The fraction of sp³-hybridized carbons (Fsp3) is 0.407. The molecule has 1 fully saturated rings. The van der Waals surface area contributed by atoms with Crippen LogP contribution in [0.1, 0.15) is 58.3 Å². The summed E-state index contributed by atoms with van der Waals surface area (Å²) < 4.78 is 47.9. The third-order valence-corrected chi connectivity index (χ3v) is 8.12. The van der Waals surface area contributed by atoms with Gasteiger partial charge in [0.25, 0.3) is 0 Å². The summed E-state index contributed by atoms with van der Waals surface area (Å²) in [5, 5.41) is 0. The lowest BCUT2D eigenvalue weighted by Crippen LogP contribution is -2.15. The van der Waals surface area contributed by atoms with E-state index < -0.39 is 16.1 Å². The van der Waals surface area contributed by atoms with Gasteiger partial charge >= 0.3 is 22.1 Å². The highest BCUT2D eigenvalue weighted by atomic mass is 32.2. The number of carbonyl (C=O) groups excluding carboxylic acids is 2. The highest BCUT2D eigenvalue weighted by molar-refractivity contribution is 7.87. The van der Waals surface area contributed by atoms with Crippen molar-refractivity contribution < 1.29 is 36.4 Å². The van der Waals surface area contributed by atoms with Crippen molar-refractivity contribution in [3.05, 3.63) is 63.7 Å². The smallest absolute Gasteiger partial charge is 0.342 e. The predicted octanol–water partition coefficient (Wildman–Crippen LogP) is 4.58. The Hall–Kier alpha value is -3.33. The molecular formula is C27H30O8S. The Bertz CT molecular complexity index is 1320. The fourth-order valence-electron chi connectivity index (χ4n) is 4.93. The van der Waals surface area contributed by atoms with Crippen LogP contribution in [0.5, 0.6) is 11.5 Å². The molecule has 0 spiro atoms. The van der Waals surface area contributed by atoms with Gasteiger partial charge in [0.05, 0.1) is 20.6 Å². The molecule has 0 aromatic heterocycles. The second-order valence-electron chi connectivity index (χ2n) is 9.10. The monoisotopic (exact) mass is 514 g/mol. The summed E-state index contributed by atoms with van der Waals surface area (Å²) in [6, 6.07) is 6.29. The Balaban J connectivity index is 1.80.